The molecule has 0 amide bonds. The molecule has 0 fully saturated rings. The van der Waals surface area contributed by atoms with E-state index in [1.54, 1.807) is 6.07 Å². The lowest BCUT2D eigenvalue weighted by atomic mass is 10.2. The van der Waals surface area contributed by atoms with Gasteiger partial charge in [-0.15, -0.1) is 0 Å². The molecule has 4 nitrogen and oxygen atoms in total. The van der Waals surface area contributed by atoms with Crippen molar-refractivity contribution in [3.63, 3.8) is 0 Å². The van der Waals surface area contributed by atoms with E-state index in [9.17, 15) is 4.79 Å². The van der Waals surface area contributed by atoms with Crippen molar-refractivity contribution in [2.75, 3.05) is 5.32 Å². The number of benzene rings is 2. The molecule has 0 unspecified atom stereocenters. The van der Waals surface area contributed by atoms with Gasteiger partial charge in [0, 0.05) is 24.6 Å². The molecule has 2 heterocycles. The van der Waals surface area contributed by atoms with E-state index in [2.05, 4.69) is 10.3 Å². The first-order valence-electron chi connectivity index (χ1n) is 8.54. The number of aryl methyl sites for hydroxylation is 2. The molecule has 0 aliphatic carbocycles. The van der Waals surface area contributed by atoms with E-state index in [4.69, 9.17) is 0 Å². The van der Waals surface area contributed by atoms with Crippen molar-refractivity contribution < 1.29 is 1.43 Å². The zero-order chi connectivity index (χ0) is 18.1. The number of hydrogen-bond donors (Lipinski definition) is 1. The van der Waals surface area contributed by atoms with Crippen LogP contribution >= 0.6 is 0 Å². The zero-order valence-corrected chi connectivity index (χ0v) is 14.7. The third-order valence-electron chi connectivity index (χ3n) is 4.34. The molecule has 0 saturated heterocycles. The Morgan fingerprint density at radius 3 is 2.38 bits per heavy atom. The molecule has 1 N–H and O–H groups in total. The van der Waals surface area contributed by atoms with E-state index in [0.717, 1.165) is 17.1 Å². The molecule has 0 aliphatic heterocycles. The van der Waals surface area contributed by atoms with Crippen LogP contribution < -0.4 is 10.7 Å². The summed E-state index contributed by atoms with van der Waals surface area (Å²) in [6, 6.07) is 23.4. The number of nitrogens with zero attached hydrogens (tertiary/aromatic N) is 2. The minimum absolute atomic E-state index is 0. The van der Waals surface area contributed by atoms with Crippen LogP contribution in [0.4, 0.5) is 11.5 Å². The van der Waals surface area contributed by atoms with Crippen LogP contribution in [0.15, 0.2) is 77.6 Å². The summed E-state index contributed by atoms with van der Waals surface area (Å²) in [4.78, 5) is 17.3. The van der Waals surface area contributed by atoms with Gasteiger partial charge in [0.2, 0.25) is 0 Å². The first-order chi connectivity index (χ1) is 12.6. The molecule has 0 aliphatic rings. The van der Waals surface area contributed by atoms with Gasteiger partial charge in [0.05, 0.1) is 5.39 Å². The molecule has 26 heavy (non-hydrogen) atoms. The zero-order valence-electron chi connectivity index (χ0n) is 14.7. The Balaban J connectivity index is 0.00000210. The highest BCUT2D eigenvalue weighted by Gasteiger charge is 2.12. The van der Waals surface area contributed by atoms with Gasteiger partial charge in [0.1, 0.15) is 11.5 Å². The standard InChI is InChI=1S/C22H19N3O.H2/c1-15-8-11-17(12-9-15)24-21-14-20(26)19-13-10-16(2)23-22(19)25(21)18-6-4-3-5-7-18;/h3-14,24H,1-2H3;1H. The summed E-state index contributed by atoms with van der Waals surface area (Å²) in [6.45, 7) is 3.98. The van der Waals surface area contributed by atoms with Crippen molar-refractivity contribution >= 4 is 22.5 Å². The summed E-state index contributed by atoms with van der Waals surface area (Å²) in [7, 11) is 0. The molecule has 0 atom stereocenters. The van der Waals surface area contributed by atoms with Gasteiger partial charge in [-0.25, -0.2) is 4.98 Å². The number of hydrogen-bond acceptors (Lipinski definition) is 3. The van der Waals surface area contributed by atoms with Crippen LogP contribution in [-0.4, -0.2) is 9.55 Å². The quantitative estimate of drug-likeness (QED) is 0.570. The van der Waals surface area contributed by atoms with Gasteiger partial charge >= 0.3 is 0 Å². The number of para-hydroxylation sites is 1. The van der Waals surface area contributed by atoms with Crippen LogP contribution in [0.2, 0.25) is 0 Å². The van der Waals surface area contributed by atoms with Gasteiger partial charge in [0.25, 0.3) is 0 Å². The smallest absolute Gasteiger partial charge is 0.193 e. The van der Waals surface area contributed by atoms with Crippen molar-refractivity contribution in [3.8, 4) is 5.69 Å². The second-order valence-electron chi connectivity index (χ2n) is 6.38. The molecule has 0 radical (unpaired) electrons. The van der Waals surface area contributed by atoms with Gasteiger partial charge in [-0.05, 0) is 50.2 Å². The van der Waals surface area contributed by atoms with Crippen molar-refractivity contribution in [2.45, 2.75) is 13.8 Å². The molecule has 2 aromatic heterocycles. The largest absolute Gasteiger partial charge is 0.341 e. The number of fused-ring (bicyclic) bond motifs is 1. The number of nitrogens with one attached hydrogen (secondary N) is 1. The lowest BCUT2D eigenvalue weighted by Crippen LogP contribution is -2.13. The monoisotopic (exact) mass is 343 g/mol. The lowest BCUT2D eigenvalue weighted by molar-refractivity contribution is 1.05. The van der Waals surface area contributed by atoms with Crippen molar-refractivity contribution in [2.24, 2.45) is 0 Å². The second-order valence-corrected chi connectivity index (χ2v) is 6.38. The van der Waals surface area contributed by atoms with Gasteiger partial charge in [-0.2, -0.15) is 0 Å². The molecule has 2 aromatic carbocycles. The summed E-state index contributed by atoms with van der Waals surface area (Å²) in [5.74, 6) is 0.690. The predicted molar refractivity (Wildman–Crippen MR) is 109 cm³/mol. The minimum Gasteiger partial charge on any atom is -0.341 e. The summed E-state index contributed by atoms with van der Waals surface area (Å²) in [5, 5.41) is 3.98. The van der Waals surface area contributed by atoms with Crippen molar-refractivity contribution in [3.05, 3.63) is 94.3 Å². The van der Waals surface area contributed by atoms with Gasteiger partial charge in [-0.1, -0.05) is 35.9 Å². The maximum Gasteiger partial charge on any atom is 0.193 e. The number of pyridine rings is 2. The number of rotatable bonds is 3. The Bertz CT molecular complexity index is 1140. The topological polar surface area (TPSA) is 46.9 Å². The molecule has 4 heteroatoms. The Hall–Kier alpha value is -3.40. The summed E-state index contributed by atoms with van der Waals surface area (Å²) in [6.07, 6.45) is 0. The first kappa shape index (κ1) is 16.1. The predicted octanol–water partition coefficient (Wildman–Crippen LogP) is 4.99. The molecule has 130 valence electrons. The maximum atomic E-state index is 12.6. The SMILES string of the molecule is Cc1ccc(Nc2cc(=O)c3ccc(C)nc3n2-c2ccccc2)cc1.[HH]. The molecule has 0 spiro atoms. The van der Waals surface area contributed by atoms with Crippen LogP contribution in [0.1, 0.15) is 12.7 Å². The van der Waals surface area contributed by atoms with E-state index in [1.165, 1.54) is 5.56 Å². The summed E-state index contributed by atoms with van der Waals surface area (Å²) >= 11 is 0. The van der Waals surface area contributed by atoms with E-state index >= 15 is 0 Å². The Kier molecular flexibility index (Phi) is 4.01. The fourth-order valence-electron chi connectivity index (χ4n) is 3.00. The minimum atomic E-state index is -0.0470. The van der Waals surface area contributed by atoms with E-state index in [0.29, 0.717) is 16.9 Å². The highest BCUT2D eigenvalue weighted by Crippen LogP contribution is 2.24. The average molecular weight is 343 g/mol. The molecule has 0 bridgehead atoms. The Labute approximate surface area is 153 Å². The third kappa shape index (κ3) is 2.97. The van der Waals surface area contributed by atoms with Crippen molar-refractivity contribution in [1.82, 2.24) is 9.55 Å². The van der Waals surface area contributed by atoms with Crippen LogP contribution in [-0.2, 0) is 0 Å². The molecular weight excluding hydrogens is 322 g/mol. The van der Waals surface area contributed by atoms with Crippen LogP contribution in [0.25, 0.3) is 16.7 Å². The number of anilines is 2. The highest BCUT2D eigenvalue weighted by molar-refractivity contribution is 5.81. The van der Waals surface area contributed by atoms with Crippen molar-refractivity contribution in [1.29, 1.82) is 0 Å². The number of aromatic nitrogens is 2. The Morgan fingerprint density at radius 1 is 0.923 bits per heavy atom. The van der Waals surface area contributed by atoms with E-state index < -0.39 is 0 Å². The van der Waals surface area contributed by atoms with E-state index in [-0.39, 0.29) is 6.86 Å². The normalized spacial score (nSPS) is 10.8. The van der Waals surface area contributed by atoms with E-state index in [1.807, 2.05) is 85.1 Å². The second kappa shape index (κ2) is 6.48. The molecule has 4 aromatic rings. The summed E-state index contributed by atoms with van der Waals surface area (Å²) < 4.78 is 1.99. The maximum absolute atomic E-state index is 12.6. The lowest BCUT2D eigenvalue weighted by Gasteiger charge is -2.18. The first-order valence-corrected chi connectivity index (χ1v) is 8.54. The van der Waals surface area contributed by atoms with Gasteiger partial charge in [0.15, 0.2) is 5.43 Å². The molecule has 0 saturated carbocycles. The van der Waals surface area contributed by atoms with Crippen LogP contribution in [0, 0.1) is 13.8 Å². The molecular formula is C22H21N3O. The van der Waals surface area contributed by atoms with Crippen LogP contribution in [0.5, 0.6) is 0 Å². The Morgan fingerprint density at radius 2 is 1.65 bits per heavy atom. The fraction of sp³-hybridized carbons (Fsp3) is 0.0909. The fourth-order valence-corrected chi connectivity index (χ4v) is 3.00. The average Bonchev–Trinajstić information content (AvgIpc) is 2.64. The van der Waals surface area contributed by atoms with Gasteiger partial charge < -0.3 is 5.32 Å². The van der Waals surface area contributed by atoms with Crippen LogP contribution in [0.3, 0.4) is 0 Å². The third-order valence-corrected chi connectivity index (χ3v) is 4.34. The highest BCUT2D eigenvalue weighted by atomic mass is 16.1. The molecule has 4 rings (SSSR count). The summed E-state index contributed by atoms with van der Waals surface area (Å²) in [5.41, 5.74) is 4.53. The van der Waals surface area contributed by atoms with Gasteiger partial charge in [-0.3, -0.25) is 9.36 Å².